The number of nitrogens with zero attached hydrogens (tertiary/aromatic N) is 3. The van der Waals surface area contributed by atoms with E-state index in [9.17, 15) is 8.78 Å². The summed E-state index contributed by atoms with van der Waals surface area (Å²) in [6.45, 7) is 3.91. The van der Waals surface area contributed by atoms with Gasteiger partial charge in [-0.1, -0.05) is 0 Å². The molecule has 0 radical (unpaired) electrons. The van der Waals surface area contributed by atoms with Gasteiger partial charge in [-0.2, -0.15) is 0 Å². The summed E-state index contributed by atoms with van der Waals surface area (Å²) in [6.07, 6.45) is 8.54. The minimum absolute atomic E-state index is 0.192. The van der Waals surface area contributed by atoms with E-state index < -0.39 is 0 Å². The molecule has 0 unspecified atom stereocenters. The number of hydrogen-bond donors (Lipinski definition) is 1. The number of pyridine rings is 1. The van der Waals surface area contributed by atoms with Gasteiger partial charge in [0.2, 0.25) is 0 Å². The summed E-state index contributed by atoms with van der Waals surface area (Å²) in [7, 11) is 0. The van der Waals surface area contributed by atoms with Gasteiger partial charge in [-0.3, -0.25) is 9.88 Å². The van der Waals surface area contributed by atoms with E-state index >= 15 is 0 Å². The van der Waals surface area contributed by atoms with Crippen LogP contribution in [-0.4, -0.2) is 47.1 Å². The second-order valence-electron chi connectivity index (χ2n) is 9.43. The van der Waals surface area contributed by atoms with Gasteiger partial charge >= 0.3 is 0 Å². The minimum atomic E-state index is -0.211. The molecule has 2 aromatic carbocycles. The van der Waals surface area contributed by atoms with E-state index in [0.717, 1.165) is 48.3 Å². The highest BCUT2D eigenvalue weighted by Gasteiger charge is 2.30. The number of fused-ring (bicyclic) bond motifs is 2. The highest BCUT2D eigenvalue weighted by Crippen LogP contribution is 2.38. The number of aromatic amines is 1. The Balaban J connectivity index is 1.10. The van der Waals surface area contributed by atoms with Crippen molar-refractivity contribution in [2.45, 2.75) is 37.6 Å². The van der Waals surface area contributed by atoms with E-state index in [4.69, 9.17) is 0 Å². The Labute approximate surface area is 192 Å². The van der Waals surface area contributed by atoms with Crippen LogP contribution >= 0.6 is 0 Å². The standard InChI is InChI=1S/C27H28F2N4/c28-19-5-8-21-23(17-31-25(21)16-19)18-3-6-20(7-4-18)32-12-14-33(15-13-32)26-10-9-24(29)22-2-1-11-30-27(22)26/h1-2,5,8-11,16-18,20,31H,3-4,6-7,12-15H2. The Kier molecular flexibility index (Phi) is 5.25. The molecule has 1 aliphatic heterocycles. The quantitative estimate of drug-likeness (QED) is 0.429. The number of piperazine rings is 1. The zero-order valence-electron chi connectivity index (χ0n) is 18.6. The van der Waals surface area contributed by atoms with Crippen LogP contribution in [0, 0.1) is 11.6 Å². The SMILES string of the molecule is Fc1ccc2c(C3CCC(N4CCN(c5ccc(F)c6cccnc56)CC4)CC3)c[nH]c2c1. The highest BCUT2D eigenvalue weighted by atomic mass is 19.1. The molecule has 4 aromatic rings. The Bertz CT molecular complexity index is 1280. The van der Waals surface area contributed by atoms with Gasteiger partial charge in [0.15, 0.2) is 0 Å². The van der Waals surface area contributed by atoms with Crippen LogP contribution in [-0.2, 0) is 0 Å². The smallest absolute Gasteiger partial charge is 0.132 e. The number of halogens is 2. The number of nitrogens with one attached hydrogen (secondary N) is 1. The number of anilines is 1. The van der Waals surface area contributed by atoms with Crippen molar-refractivity contribution >= 4 is 27.5 Å². The van der Waals surface area contributed by atoms with Crippen LogP contribution in [0.2, 0.25) is 0 Å². The third-order valence-corrected chi connectivity index (χ3v) is 7.68. The average Bonchev–Trinajstić information content (AvgIpc) is 3.28. The lowest BCUT2D eigenvalue weighted by Gasteiger charge is -2.42. The molecule has 33 heavy (non-hydrogen) atoms. The van der Waals surface area contributed by atoms with Gasteiger partial charge in [0.1, 0.15) is 11.6 Å². The average molecular weight is 447 g/mol. The van der Waals surface area contributed by atoms with Gasteiger partial charge in [-0.15, -0.1) is 0 Å². The van der Waals surface area contributed by atoms with E-state index in [-0.39, 0.29) is 11.6 Å². The summed E-state index contributed by atoms with van der Waals surface area (Å²) in [5.74, 6) is 0.138. The molecule has 6 heteroatoms. The summed E-state index contributed by atoms with van der Waals surface area (Å²) in [6, 6.07) is 12.7. The van der Waals surface area contributed by atoms with Crippen molar-refractivity contribution in [1.82, 2.24) is 14.9 Å². The van der Waals surface area contributed by atoms with Gasteiger partial charge in [0, 0.05) is 60.9 Å². The number of aromatic nitrogens is 2. The second kappa shape index (κ2) is 8.41. The van der Waals surface area contributed by atoms with Crippen molar-refractivity contribution < 1.29 is 8.78 Å². The van der Waals surface area contributed by atoms with Crippen LogP contribution in [0.1, 0.15) is 37.2 Å². The van der Waals surface area contributed by atoms with Crippen LogP contribution in [0.4, 0.5) is 14.5 Å². The number of hydrogen-bond acceptors (Lipinski definition) is 3. The molecule has 0 atom stereocenters. The van der Waals surface area contributed by atoms with Crippen LogP contribution in [0.5, 0.6) is 0 Å². The Morgan fingerprint density at radius 2 is 1.70 bits per heavy atom. The molecular formula is C27H28F2N4. The predicted molar refractivity (Wildman–Crippen MR) is 129 cm³/mol. The number of H-pyrrole nitrogens is 1. The van der Waals surface area contributed by atoms with Gasteiger partial charge in [-0.25, -0.2) is 8.78 Å². The Morgan fingerprint density at radius 1 is 0.879 bits per heavy atom. The molecule has 0 spiro atoms. The van der Waals surface area contributed by atoms with E-state index in [2.05, 4.69) is 26.0 Å². The maximum absolute atomic E-state index is 14.2. The third kappa shape index (κ3) is 3.76. The minimum Gasteiger partial charge on any atom is -0.367 e. The summed E-state index contributed by atoms with van der Waals surface area (Å²) in [5.41, 5.74) is 4.02. The summed E-state index contributed by atoms with van der Waals surface area (Å²) in [5, 5.41) is 1.75. The van der Waals surface area contributed by atoms with E-state index in [1.54, 1.807) is 36.5 Å². The fourth-order valence-electron chi connectivity index (χ4n) is 5.92. The molecule has 0 bridgehead atoms. The largest absolute Gasteiger partial charge is 0.367 e. The van der Waals surface area contributed by atoms with Crippen LogP contribution in [0.15, 0.2) is 54.9 Å². The molecule has 2 fully saturated rings. The predicted octanol–water partition coefficient (Wildman–Crippen LogP) is 5.84. The molecule has 6 rings (SSSR count). The fourth-order valence-corrected chi connectivity index (χ4v) is 5.92. The summed E-state index contributed by atoms with van der Waals surface area (Å²) < 4.78 is 27.7. The topological polar surface area (TPSA) is 35.2 Å². The highest BCUT2D eigenvalue weighted by molar-refractivity contribution is 5.91. The normalized spacial score (nSPS) is 22.3. The first-order chi connectivity index (χ1) is 16.2. The monoisotopic (exact) mass is 446 g/mol. The van der Waals surface area contributed by atoms with Crippen molar-refractivity contribution in [2.24, 2.45) is 0 Å². The summed E-state index contributed by atoms with van der Waals surface area (Å²) in [4.78, 5) is 12.7. The lowest BCUT2D eigenvalue weighted by molar-refractivity contribution is 0.141. The molecule has 1 saturated heterocycles. The number of benzene rings is 2. The maximum Gasteiger partial charge on any atom is 0.132 e. The molecule has 1 N–H and O–H groups in total. The van der Waals surface area contributed by atoms with E-state index in [0.29, 0.717) is 17.3 Å². The lowest BCUT2D eigenvalue weighted by Crippen LogP contribution is -2.51. The van der Waals surface area contributed by atoms with Gasteiger partial charge < -0.3 is 9.88 Å². The zero-order valence-corrected chi connectivity index (χ0v) is 18.6. The van der Waals surface area contributed by atoms with Crippen molar-refractivity contribution in [3.63, 3.8) is 0 Å². The molecule has 170 valence electrons. The molecule has 4 nitrogen and oxygen atoms in total. The van der Waals surface area contributed by atoms with Crippen molar-refractivity contribution in [1.29, 1.82) is 0 Å². The first kappa shape index (κ1) is 20.6. The molecule has 0 amide bonds. The van der Waals surface area contributed by atoms with Crippen molar-refractivity contribution in [2.75, 3.05) is 31.1 Å². The van der Waals surface area contributed by atoms with Crippen molar-refractivity contribution in [3.05, 3.63) is 72.1 Å². The van der Waals surface area contributed by atoms with E-state index in [1.807, 2.05) is 12.1 Å². The number of rotatable bonds is 3. The first-order valence-electron chi connectivity index (χ1n) is 12.0. The van der Waals surface area contributed by atoms with Crippen LogP contribution < -0.4 is 4.90 Å². The van der Waals surface area contributed by atoms with Gasteiger partial charge in [0.05, 0.1) is 11.2 Å². The molecule has 3 heterocycles. The van der Waals surface area contributed by atoms with Crippen molar-refractivity contribution in [3.8, 4) is 0 Å². The Morgan fingerprint density at radius 3 is 2.52 bits per heavy atom. The second-order valence-corrected chi connectivity index (χ2v) is 9.43. The van der Waals surface area contributed by atoms with Crippen LogP contribution in [0.3, 0.4) is 0 Å². The van der Waals surface area contributed by atoms with E-state index in [1.165, 1.54) is 31.2 Å². The molecular weight excluding hydrogens is 418 g/mol. The maximum atomic E-state index is 14.2. The summed E-state index contributed by atoms with van der Waals surface area (Å²) >= 11 is 0. The zero-order chi connectivity index (χ0) is 22.4. The van der Waals surface area contributed by atoms with Gasteiger partial charge in [0.25, 0.3) is 0 Å². The fraction of sp³-hybridized carbons (Fsp3) is 0.370. The van der Waals surface area contributed by atoms with Gasteiger partial charge in [-0.05, 0) is 79.6 Å². The lowest BCUT2D eigenvalue weighted by atomic mass is 9.81. The molecule has 2 aliphatic rings. The molecule has 2 aromatic heterocycles. The first-order valence-corrected chi connectivity index (χ1v) is 12.0. The van der Waals surface area contributed by atoms with Crippen LogP contribution in [0.25, 0.3) is 21.8 Å². The Hall–Kier alpha value is -2.99. The molecule has 1 saturated carbocycles. The third-order valence-electron chi connectivity index (χ3n) is 7.68. The molecule has 1 aliphatic carbocycles.